The van der Waals surface area contributed by atoms with Crippen LogP contribution in [0, 0.1) is 5.82 Å². The molecule has 0 heterocycles. The SMILES string of the molecule is OB(Oc1cccc(-c2ccccc2)c1)c1ccc(F)cc1. The second kappa shape index (κ2) is 6.45. The van der Waals surface area contributed by atoms with Gasteiger partial charge < -0.3 is 9.68 Å². The van der Waals surface area contributed by atoms with Gasteiger partial charge in [0.1, 0.15) is 11.6 Å². The Morgan fingerprint density at radius 1 is 0.773 bits per heavy atom. The largest absolute Gasteiger partial charge is 0.560 e. The van der Waals surface area contributed by atoms with Gasteiger partial charge in [0.05, 0.1) is 0 Å². The normalized spacial score (nSPS) is 10.3. The third-order valence-corrected chi connectivity index (χ3v) is 3.34. The van der Waals surface area contributed by atoms with Gasteiger partial charge in [0, 0.05) is 0 Å². The second-order valence-electron chi connectivity index (χ2n) is 4.92. The molecule has 0 spiro atoms. The lowest BCUT2D eigenvalue weighted by molar-refractivity contribution is 0.433. The molecular weight excluding hydrogens is 278 g/mol. The first-order valence-corrected chi connectivity index (χ1v) is 6.98. The van der Waals surface area contributed by atoms with Gasteiger partial charge in [-0.25, -0.2) is 4.39 Å². The van der Waals surface area contributed by atoms with Crippen LogP contribution in [-0.4, -0.2) is 12.1 Å². The molecule has 0 saturated heterocycles. The van der Waals surface area contributed by atoms with Crippen molar-refractivity contribution in [3.05, 3.63) is 84.7 Å². The van der Waals surface area contributed by atoms with Crippen molar-refractivity contribution >= 4 is 12.6 Å². The molecule has 0 radical (unpaired) electrons. The van der Waals surface area contributed by atoms with Crippen LogP contribution in [0.25, 0.3) is 11.1 Å². The lowest BCUT2D eigenvalue weighted by atomic mass is 9.79. The van der Waals surface area contributed by atoms with Crippen LogP contribution in [0.15, 0.2) is 78.9 Å². The van der Waals surface area contributed by atoms with Crippen molar-refractivity contribution in [3.63, 3.8) is 0 Å². The predicted molar refractivity (Wildman–Crippen MR) is 86.5 cm³/mol. The summed E-state index contributed by atoms with van der Waals surface area (Å²) in [5, 5.41) is 10.1. The summed E-state index contributed by atoms with van der Waals surface area (Å²) in [5.41, 5.74) is 2.58. The highest BCUT2D eigenvalue weighted by atomic mass is 19.1. The molecule has 3 aromatic rings. The van der Waals surface area contributed by atoms with Gasteiger partial charge in [0.25, 0.3) is 0 Å². The first-order chi connectivity index (χ1) is 10.7. The van der Waals surface area contributed by atoms with Crippen LogP contribution < -0.4 is 10.1 Å². The molecule has 0 amide bonds. The molecular formula is C18H14BFO2. The van der Waals surface area contributed by atoms with Crippen molar-refractivity contribution in [2.75, 3.05) is 0 Å². The topological polar surface area (TPSA) is 29.5 Å². The Bertz CT molecular complexity index is 745. The van der Waals surface area contributed by atoms with Gasteiger partial charge in [-0.1, -0.05) is 54.6 Å². The number of hydrogen-bond acceptors (Lipinski definition) is 2. The standard InChI is InChI=1S/C18H14BFO2/c20-17-11-9-16(10-12-17)19(21)22-18-8-4-7-15(13-18)14-5-2-1-3-6-14/h1-13,21H. The van der Waals surface area contributed by atoms with E-state index in [1.165, 1.54) is 24.3 Å². The molecule has 0 unspecified atom stereocenters. The molecule has 0 aliphatic rings. The van der Waals surface area contributed by atoms with E-state index in [0.717, 1.165) is 11.1 Å². The maximum atomic E-state index is 12.9. The van der Waals surface area contributed by atoms with Crippen molar-refractivity contribution in [1.82, 2.24) is 0 Å². The van der Waals surface area contributed by atoms with Gasteiger partial charge in [-0.2, -0.15) is 0 Å². The zero-order chi connectivity index (χ0) is 15.4. The minimum absolute atomic E-state index is 0.345. The Hall–Kier alpha value is -2.59. The minimum atomic E-state index is -1.13. The van der Waals surface area contributed by atoms with Gasteiger partial charge in [0.2, 0.25) is 0 Å². The van der Waals surface area contributed by atoms with Crippen LogP contribution in [0.3, 0.4) is 0 Å². The number of hydrogen-bond donors (Lipinski definition) is 1. The van der Waals surface area contributed by atoms with Gasteiger partial charge in [-0.3, -0.25) is 0 Å². The van der Waals surface area contributed by atoms with E-state index in [4.69, 9.17) is 4.65 Å². The molecule has 0 aliphatic carbocycles. The highest BCUT2D eigenvalue weighted by Crippen LogP contribution is 2.23. The van der Waals surface area contributed by atoms with Gasteiger partial charge in [-0.05, 0) is 40.9 Å². The van der Waals surface area contributed by atoms with Crippen molar-refractivity contribution in [2.45, 2.75) is 0 Å². The highest BCUT2D eigenvalue weighted by Gasteiger charge is 2.18. The fourth-order valence-electron chi connectivity index (χ4n) is 2.20. The maximum Gasteiger partial charge on any atom is 0.560 e. The second-order valence-corrected chi connectivity index (χ2v) is 4.92. The summed E-state index contributed by atoms with van der Waals surface area (Å²) >= 11 is 0. The molecule has 1 N–H and O–H groups in total. The minimum Gasteiger partial charge on any atom is -0.532 e. The highest BCUT2D eigenvalue weighted by molar-refractivity contribution is 6.60. The zero-order valence-corrected chi connectivity index (χ0v) is 11.8. The average molecular weight is 292 g/mol. The Morgan fingerprint density at radius 2 is 1.45 bits per heavy atom. The molecule has 108 valence electrons. The maximum absolute atomic E-state index is 12.9. The molecule has 22 heavy (non-hydrogen) atoms. The first-order valence-electron chi connectivity index (χ1n) is 6.98. The van der Waals surface area contributed by atoms with E-state index in [1.54, 1.807) is 6.07 Å². The molecule has 0 aromatic heterocycles. The quantitative estimate of drug-likeness (QED) is 0.748. The molecule has 0 saturated carbocycles. The van der Waals surface area contributed by atoms with E-state index >= 15 is 0 Å². The Labute approximate surface area is 129 Å². The molecule has 0 atom stereocenters. The summed E-state index contributed by atoms with van der Waals surface area (Å²) in [5.74, 6) is 0.209. The van der Waals surface area contributed by atoms with Crippen LogP contribution >= 0.6 is 0 Å². The molecule has 0 bridgehead atoms. The van der Waals surface area contributed by atoms with E-state index in [1.807, 2.05) is 48.5 Å². The first kappa shape index (κ1) is 14.4. The number of rotatable bonds is 4. The third kappa shape index (κ3) is 3.35. The summed E-state index contributed by atoms with van der Waals surface area (Å²) in [6.07, 6.45) is 0. The Kier molecular flexibility index (Phi) is 4.21. The van der Waals surface area contributed by atoms with E-state index in [9.17, 15) is 9.41 Å². The smallest absolute Gasteiger partial charge is 0.532 e. The van der Waals surface area contributed by atoms with Crippen LogP contribution in [0.1, 0.15) is 0 Å². The van der Waals surface area contributed by atoms with Gasteiger partial charge >= 0.3 is 7.12 Å². The molecule has 3 aromatic carbocycles. The molecule has 2 nitrogen and oxygen atoms in total. The van der Waals surface area contributed by atoms with Crippen LogP contribution in [0.5, 0.6) is 5.75 Å². The van der Waals surface area contributed by atoms with Crippen LogP contribution in [-0.2, 0) is 0 Å². The van der Waals surface area contributed by atoms with E-state index in [2.05, 4.69) is 0 Å². The van der Waals surface area contributed by atoms with Crippen molar-refractivity contribution in [3.8, 4) is 16.9 Å². The monoisotopic (exact) mass is 292 g/mol. The van der Waals surface area contributed by atoms with Crippen molar-refractivity contribution < 1.29 is 14.1 Å². The Balaban J connectivity index is 1.79. The third-order valence-electron chi connectivity index (χ3n) is 3.34. The summed E-state index contributed by atoms with van der Waals surface area (Å²) in [6, 6.07) is 23.0. The van der Waals surface area contributed by atoms with Gasteiger partial charge in [-0.15, -0.1) is 0 Å². The van der Waals surface area contributed by atoms with Gasteiger partial charge in [0.15, 0.2) is 0 Å². The average Bonchev–Trinajstić information content (AvgIpc) is 2.56. The zero-order valence-electron chi connectivity index (χ0n) is 11.8. The summed E-state index contributed by atoms with van der Waals surface area (Å²) in [7, 11) is -1.13. The van der Waals surface area contributed by atoms with Crippen molar-refractivity contribution in [1.29, 1.82) is 0 Å². The molecule has 3 rings (SSSR count). The predicted octanol–water partition coefficient (Wildman–Crippen LogP) is 3.26. The molecule has 4 heteroatoms. The van der Waals surface area contributed by atoms with Crippen molar-refractivity contribution in [2.24, 2.45) is 0 Å². The van der Waals surface area contributed by atoms with Crippen LogP contribution in [0.4, 0.5) is 4.39 Å². The number of halogens is 1. The number of benzene rings is 3. The summed E-state index contributed by atoms with van der Waals surface area (Å²) < 4.78 is 18.4. The lowest BCUT2D eigenvalue weighted by Crippen LogP contribution is -2.36. The van der Waals surface area contributed by atoms with E-state index in [-0.39, 0.29) is 5.82 Å². The van der Waals surface area contributed by atoms with Crippen LogP contribution in [0.2, 0.25) is 0 Å². The fourth-order valence-corrected chi connectivity index (χ4v) is 2.20. The lowest BCUT2D eigenvalue weighted by Gasteiger charge is -2.11. The molecule has 0 aliphatic heterocycles. The Morgan fingerprint density at radius 3 is 2.18 bits per heavy atom. The summed E-state index contributed by atoms with van der Waals surface area (Å²) in [6.45, 7) is 0. The van der Waals surface area contributed by atoms with E-state index < -0.39 is 7.12 Å². The fraction of sp³-hybridized carbons (Fsp3) is 0. The molecule has 0 fully saturated rings. The summed E-state index contributed by atoms with van der Waals surface area (Å²) in [4.78, 5) is 0. The van der Waals surface area contributed by atoms with E-state index in [0.29, 0.717) is 11.2 Å².